The second kappa shape index (κ2) is 10.3. The Kier molecular flexibility index (Phi) is 7.08. The molecule has 1 aromatic heterocycles. The van der Waals surface area contributed by atoms with Gasteiger partial charge in [0, 0.05) is 12.7 Å². The SMILES string of the molecule is CC/C(C)=C\N/C=C(\C)c1ccc(-c2ccc(-c3cnc(C4CCCN4C=O)[nH]3)cc2)cc1. The third-order valence-electron chi connectivity index (χ3n) is 6.40. The standard InChI is InChI=1S/C28H32N4O/c1-4-20(2)16-29-17-21(3)22-7-9-23(10-8-22)24-11-13-25(14-12-24)26-18-30-28(31-26)27-6-5-15-32(27)19-33/h7-14,16-19,27,29H,4-6,15H2,1-3H3,(H,30,31)/b20-16-,21-17+. The van der Waals surface area contributed by atoms with Gasteiger partial charge in [-0.05, 0) is 67.1 Å². The second-order valence-corrected chi connectivity index (χ2v) is 8.68. The fraction of sp³-hybridized carbons (Fsp3) is 0.286. The highest BCUT2D eigenvalue weighted by atomic mass is 16.1. The minimum absolute atomic E-state index is 0.0634. The fourth-order valence-electron chi connectivity index (χ4n) is 4.12. The number of H-pyrrole nitrogens is 1. The zero-order valence-corrected chi connectivity index (χ0v) is 19.6. The number of amides is 1. The summed E-state index contributed by atoms with van der Waals surface area (Å²) in [5, 5.41) is 3.28. The molecule has 1 atom stereocenters. The Morgan fingerprint density at radius 3 is 2.39 bits per heavy atom. The minimum Gasteiger partial charge on any atom is -0.367 e. The fourth-order valence-corrected chi connectivity index (χ4v) is 4.12. The predicted molar refractivity (Wildman–Crippen MR) is 135 cm³/mol. The molecule has 2 heterocycles. The third-order valence-corrected chi connectivity index (χ3v) is 6.40. The quantitative estimate of drug-likeness (QED) is 0.404. The summed E-state index contributed by atoms with van der Waals surface area (Å²) < 4.78 is 0. The van der Waals surface area contributed by atoms with Gasteiger partial charge in [0.2, 0.25) is 6.41 Å². The van der Waals surface area contributed by atoms with E-state index >= 15 is 0 Å². The molecule has 1 fully saturated rings. The molecule has 2 aromatic carbocycles. The predicted octanol–water partition coefficient (Wildman–Crippen LogP) is 6.30. The molecule has 0 aliphatic carbocycles. The highest BCUT2D eigenvalue weighted by Gasteiger charge is 2.27. The number of nitrogens with zero attached hydrogens (tertiary/aromatic N) is 2. The van der Waals surface area contributed by atoms with Gasteiger partial charge >= 0.3 is 0 Å². The van der Waals surface area contributed by atoms with Crippen LogP contribution in [0.2, 0.25) is 0 Å². The van der Waals surface area contributed by atoms with E-state index in [0.29, 0.717) is 0 Å². The van der Waals surface area contributed by atoms with Gasteiger partial charge in [0.25, 0.3) is 0 Å². The van der Waals surface area contributed by atoms with Gasteiger partial charge in [0.05, 0.1) is 17.9 Å². The number of allylic oxidation sites excluding steroid dienone is 2. The molecule has 2 N–H and O–H groups in total. The van der Waals surface area contributed by atoms with Crippen LogP contribution in [-0.2, 0) is 4.79 Å². The zero-order valence-electron chi connectivity index (χ0n) is 19.6. The lowest BCUT2D eigenvalue weighted by atomic mass is 10.00. The normalized spacial score (nSPS) is 16.8. The van der Waals surface area contributed by atoms with Crippen molar-refractivity contribution in [2.75, 3.05) is 6.54 Å². The maximum absolute atomic E-state index is 11.3. The zero-order chi connectivity index (χ0) is 23.2. The first-order chi connectivity index (χ1) is 16.1. The van der Waals surface area contributed by atoms with Gasteiger partial charge in [0.15, 0.2) is 0 Å². The van der Waals surface area contributed by atoms with Gasteiger partial charge in [-0.2, -0.15) is 0 Å². The average Bonchev–Trinajstić information content (AvgIpc) is 3.53. The summed E-state index contributed by atoms with van der Waals surface area (Å²) >= 11 is 0. The van der Waals surface area contributed by atoms with Gasteiger partial charge in [-0.1, -0.05) is 61.0 Å². The summed E-state index contributed by atoms with van der Waals surface area (Å²) in [6.45, 7) is 7.20. The number of likely N-dealkylation sites (tertiary alicyclic amines) is 1. The topological polar surface area (TPSA) is 61.0 Å². The van der Waals surface area contributed by atoms with Crippen molar-refractivity contribution in [1.82, 2.24) is 20.2 Å². The molecule has 0 saturated carbocycles. The van der Waals surface area contributed by atoms with E-state index in [1.807, 2.05) is 23.5 Å². The molecular formula is C28H32N4O. The Bertz CT molecular complexity index is 1140. The van der Waals surface area contributed by atoms with Crippen LogP contribution in [0, 0.1) is 0 Å². The molecule has 1 aliphatic heterocycles. The lowest BCUT2D eigenvalue weighted by molar-refractivity contribution is -0.119. The van der Waals surface area contributed by atoms with Crippen molar-refractivity contribution in [3.63, 3.8) is 0 Å². The van der Waals surface area contributed by atoms with Crippen molar-refractivity contribution in [3.05, 3.63) is 84.1 Å². The molecule has 1 unspecified atom stereocenters. The Labute approximate surface area is 196 Å². The van der Waals surface area contributed by atoms with Crippen LogP contribution in [0.4, 0.5) is 0 Å². The number of carbonyl (C=O) groups is 1. The van der Waals surface area contributed by atoms with Crippen molar-refractivity contribution >= 4 is 12.0 Å². The van der Waals surface area contributed by atoms with E-state index in [2.05, 4.69) is 84.6 Å². The minimum atomic E-state index is 0.0634. The summed E-state index contributed by atoms with van der Waals surface area (Å²) in [5.74, 6) is 0.868. The van der Waals surface area contributed by atoms with Gasteiger partial charge in [-0.25, -0.2) is 4.98 Å². The number of aromatic amines is 1. The Morgan fingerprint density at radius 1 is 1.06 bits per heavy atom. The van der Waals surface area contributed by atoms with Gasteiger partial charge in [-0.3, -0.25) is 4.79 Å². The molecule has 0 spiro atoms. The Morgan fingerprint density at radius 2 is 1.73 bits per heavy atom. The number of aromatic nitrogens is 2. The molecule has 5 nitrogen and oxygen atoms in total. The second-order valence-electron chi connectivity index (χ2n) is 8.68. The van der Waals surface area contributed by atoms with Crippen LogP contribution in [0.5, 0.6) is 0 Å². The van der Waals surface area contributed by atoms with Crippen molar-refractivity contribution in [3.8, 4) is 22.4 Å². The first-order valence-electron chi connectivity index (χ1n) is 11.6. The van der Waals surface area contributed by atoms with Crippen molar-refractivity contribution < 1.29 is 4.79 Å². The maximum Gasteiger partial charge on any atom is 0.210 e. The average molecular weight is 441 g/mol. The molecule has 4 rings (SSSR count). The van der Waals surface area contributed by atoms with Crippen LogP contribution < -0.4 is 5.32 Å². The van der Waals surface area contributed by atoms with E-state index in [0.717, 1.165) is 49.3 Å². The summed E-state index contributed by atoms with van der Waals surface area (Å²) in [6, 6.07) is 17.2. The van der Waals surface area contributed by atoms with Gasteiger partial charge < -0.3 is 15.2 Å². The van der Waals surface area contributed by atoms with Crippen molar-refractivity contribution in [2.24, 2.45) is 0 Å². The van der Waals surface area contributed by atoms with E-state index in [9.17, 15) is 4.79 Å². The summed E-state index contributed by atoms with van der Waals surface area (Å²) in [5.41, 5.74) is 8.15. The summed E-state index contributed by atoms with van der Waals surface area (Å²) in [7, 11) is 0. The lowest BCUT2D eigenvalue weighted by Crippen LogP contribution is -2.21. The van der Waals surface area contributed by atoms with Crippen LogP contribution in [-0.4, -0.2) is 27.8 Å². The highest BCUT2D eigenvalue weighted by molar-refractivity contribution is 5.71. The molecule has 1 aliphatic rings. The molecule has 170 valence electrons. The van der Waals surface area contributed by atoms with E-state index in [1.165, 1.54) is 27.8 Å². The highest BCUT2D eigenvalue weighted by Crippen LogP contribution is 2.31. The van der Waals surface area contributed by atoms with Gasteiger partial charge in [-0.15, -0.1) is 0 Å². The van der Waals surface area contributed by atoms with Gasteiger partial charge in [0.1, 0.15) is 5.82 Å². The first kappa shape index (κ1) is 22.6. The molecule has 1 amide bonds. The number of imidazole rings is 1. The first-order valence-corrected chi connectivity index (χ1v) is 11.6. The van der Waals surface area contributed by atoms with Crippen LogP contribution >= 0.6 is 0 Å². The maximum atomic E-state index is 11.3. The number of hydrogen-bond donors (Lipinski definition) is 2. The molecule has 3 aromatic rings. The van der Waals surface area contributed by atoms with Crippen molar-refractivity contribution in [1.29, 1.82) is 0 Å². The smallest absolute Gasteiger partial charge is 0.210 e. The molecule has 5 heteroatoms. The van der Waals surface area contributed by atoms with E-state index in [-0.39, 0.29) is 6.04 Å². The molecule has 33 heavy (non-hydrogen) atoms. The number of carbonyl (C=O) groups excluding carboxylic acids is 1. The van der Waals surface area contributed by atoms with E-state index in [1.54, 1.807) is 0 Å². The monoisotopic (exact) mass is 440 g/mol. The van der Waals surface area contributed by atoms with Crippen LogP contribution in [0.1, 0.15) is 57.5 Å². The van der Waals surface area contributed by atoms with Crippen molar-refractivity contribution in [2.45, 2.75) is 46.1 Å². The number of benzene rings is 2. The third kappa shape index (κ3) is 5.25. The van der Waals surface area contributed by atoms with E-state index < -0.39 is 0 Å². The molecular weight excluding hydrogens is 408 g/mol. The van der Waals surface area contributed by atoms with Crippen LogP contribution in [0.15, 0.2) is 72.7 Å². The Hall–Kier alpha value is -3.60. The number of rotatable bonds is 8. The molecule has 0 bridgehead atoms. The molecule has 0 radical (unpaired) electrons. The molecule has 1 saturated heterocycles. The number of nitrogens with one attached hydrogen (secondary N) is 2. The largest absolute Gasteiger partial charge is 0.367 e. The number of hydrogen-bond acceptors (Lipinski definition) is 3. The summed E-state index contributed by atoms with van der Waals surface area (Å²) in [6.07, 6.45) is 9.91. The summed E-state index contributed by atoms with van der Waals surface area (Å²) in [4.78, 5) is 21.0. The van der Waals surface area contributed by atoms with E-state index in [4.69, 9.17) is 0 Å². The van der Waals surface area contributed by atoms with Crippen LogP contribution in [0.3, 0.4) is 0 Å². The van der Waals surface area contributed by atoms with Crippen LogP contribution in [0.25, 0.3) is 28.0 Å². The lowest BCUT2D eigenvalue weighted by Gasteiger charge is -2.17. The Balaban J connectivity index is 1.44.